The monoisotopic (exact) mass is 292 g/mol. The van der Waals surface area contributed by atoms with Gasteiger partial charge in [-0.05, 0) is 31.1 Å². The van der Waals surface area contributed by atoms with E-state index in [4.69, 9.17) is 5.73 Å². The van der Waals surface area contributed by atoms with E-state index in [2.05, 4.69) is 11.6 Å². The van der Waals surface area contributed by atoms with Gasteiger partial charge in [-0.25, -0.2) is 0 Å². The molecule has 110 valence electrons. The molecular formula is C16H24N2OS. The summed E-state index contributed by atoms with van der Waals surface area (Å²) in [5.74, 6) is 0.141. The Morgan fingerprint density at radius 3 is 2.85 bits per heavy atom. The molecule has 2 rings (SSSR count). The highest BCUT2D eigenvalue weighted by molar-refractivity contribution is 7.99. The van der Waals surface area contributed by atoms with Crippen LogP contribution in [0.25, 0.3) is 0 Å². The zero-order chi connectivity index (χ0) is 14.4. The van der Waals surface area contributed by atoms with Crippen molar-refractivity contribution in [3.05, 3.63) is 35.9 Å². The maximum Gasteiger partial charge on any atom is 0.220 e. The number of hydrogen-bond acceptors (Lipinski definition) is 3. The maximum atomic E-state index is 12.0. The van der Waals surface area contributed by atoms with Crippen LogP contribution in [-0.4, -0.2) is 23.5 Å². The molecule has 1 aromatic carbocycles. The number of carbonyl (C=O) groups excluding carboxylic acids is 1. The first-order chi connectivity index (χ1) is 9.70. The lowest BCUT2D eigenvalue weighted by Crippen LogP contribution is -2.38. The fraction of sp³-hybridized carbons (Fsp3) is 0.562. The maximum absolute atomic E-state index is 12.0. The van der Waals surface area contributed by atoms with Gasteiger partial charge < -0.3 is 11.1 Å². The molecule has 1 fully saturated rings. The lowest BCUT2D eigenvalue weighted by Gasteiger charge is -2.19. The highest BCUT2D eigenvalue weighted by Gasteiger charge is 2.27. The van der Waals surface area contributed by atoms with E-state index in [0.717, 1.165) is 12.0 Å². The van der Waals surface area contributed by atoms with Crippen LogP contribution in [0.3, 0.4) is 0 Å². The average Bonchev–Trinajstić information content (AvgIpc) is 2.92. The molecule has 0 heterocycles. The predicted molar refractivity (Wildman–Crippen MR) is 85.7 cm³/mol. The second kappa shape index (κ2) is 7.70. The second-order valence-electron chi connectivity index (χ2n) is 5.43. The molecule has 3 unspecified atom stereocenters. The van der Waals surface area contributed by atoms with Crippen molar-refractivity contribution >= 4 is 17.7 Å². The van der Waals surface area contributed by atoms with Gasteiger partial charge in [0.25, 0.3) is 0 Å². The van der Waals surface area contributed by atoms with Crippen LogP contribution in [0.2, 0.25) is 0 Å². The minimum atomic E-state index is -0.0538. The molecule has 0 saturated heterocycles. The van der Waals surface area contributed by atoms with E-state index in [0.29, 0.717) is 24.1 Å². The summed E-state index contributed by atoms with van der Waals surface area (Å²) in [5, 5.41) is 3.76. The Labute approximate surface area is 125 Å². The number of rotatable bonds is 6. The van der Waals surface area contributed by atoms with Crippen LogP contribution in [0.1, 0.15) is 43.7 Å². The number of nitrogens with two attached hydrogens (primary N) is 1. The standard InChI is InChI=1S/C16H24N2OS/c1-20-15-9-5-8-14(15)18-16(19)11-10-13(17)12-6-3-2-4-7-12/h2-4,6-7,13-15H,5,8-11,17H2,1H3,(H,18,19). The van der Waals surface area contributed by atoms with Crippen molar-refractivity contribution in [2.75, 3.05) is 6.26 Å². The van der Waals surface area contributed by atoms with Crippen molar-refractivity contribution in [1.29, 1.82) is 0 Å². The highest BCUT2D eigenvalue weighted by atomic mass is 32.2. The third kappa shape index (κ3) is 4.25. The molecule has 3 N–H and O–H groups in total. The van der Waals surface area contributed by atoms with Gasteiger partial charge >= 0.3 is 0 Å². The lowest BCUT2D eigenvalue weighted by atomic mass is 10.0. The van der Waals surface area contributed by atoms with Gasteiger partial charge in [-0.15, -0.1) is 0 Å². The van der Waals surface area contributed by atoms with E-state index in [1.54, 1.807) is 0 Å². The first-order valence-corrected chi connectivity index (χ1v) is 8.62. The summed E-state index contributed by atoms with van der Waals surface area (Å²) in [4.78, 5) is 12.0. The molecule has 0 aliphatic heterocycles. The minimum absolute atomic E-state index is 0.0538. The number of benzene rings is 1. The molecule has 1 aliphatic carbocycles. The fourth-order valence-corrected chi connectivity index (χ4v) is 3.74. The fourth-order valence-electron chi connectivity index (χ4n) is 2.81. The van der Waals surface area contributed by atoms with Gasteiger partial charge in [-0.2, -0.15) is 11.8 Å². The highest BCUT2D eigenvalue weighted by Crippen LogP contribution is 2.28. The summed E-state index contributed by atoms with van der Waals surface area (Å²) >= 11 is 1.86. The van der Waals surface area contributed by atoms with E-state index in [9.17, 15) is 4.79 Å². The molecule has 0 radical (unpaired) electrons. The molecule has 1 amide bonds. The van der Waals surface area contributed by atoms with Gasteiger partial charge in [0.05, 0.1) is 0 Å². The second-order valence-corrected chi connectivity index (χ2v) is 6.51. The molecule has 0 spiro atoms. The van der Waals surface area contributed by atoms with Crippen LogP contribution in [0.15, 0.2) is 30.3 Å². The van der Waals surface area contributed by atoms with Gasteiger partial charge in [-0.3, -0.25) is 4.79 Å². The molecule has 0 aromatic heterocycles. The van der Waals surface area contributed by atoms with Crippen LogP contribution in [0, 0.1) is 0 Å². The Morgan fingerprint density at radius 1 is 1.40 bits per heavy atom. The first kappa shape index (κ1) is 15.4. The summed E-state index contributed by atoms with van der Waals surface area (Å²) in [6.45, 7) is 0. The summed E-state index contributed by atoms with van der Waals surface area (Å²) in [6.07, 6.45) is 6.89. The zero-order valence-corrected chi connectivity index (χ0v) is 12.9. The van der Waals surface area contributed by atoms with Crippen molar-refractivity contribution < 1.29 is 4.79 Å². The van der Waals surface area contributed by atoms with Crippen molar-refractivity contribution in [1.82, 2.24) is 5.32 Å². The summed E-state index contributed by atoms with van der Waals surface area (Å²) in [6, 6.07) is 10.3. The number of nitrogens with one attached hydrogen (secondary N) is 1. The third-order valence-electron chi connectivity index (χ3n) is 4.01. The van der Waals surface area contributed by atoms with Crippen LogP contribution >= 0.6 is 11.8 Å². The van der Waals surface area contributed by atoms with Crippen molar-refractivity contribution in [3.8, 4) is 0 Å². The van der Waals surface area contributed by atoms with Crippen LogP contribution in [-0.2, 0) is 4.79 Å². The number of thioether (sulfide) groups is 1. The van der Waals surface area contributed by atoms with Gasteiger partial charge in [-0.1, -0.05) is 36.8 Å². The first-order valence-electron chi connectivity index (χ1n) is 7.33. The summed E-state index contributed by atoms with van der Waals surface area (Å²) < 4.78 is 0. The number of hydrogen-bond donors (Lipinski definition) is 2. The van der Waals surface area contributed by atoms with Gasteiger partial charge in [0.15, 0.2) is 0 Å². The Balaban J connectivity index is 1.75. The van der Waals surface area contributed by atoms with E-state index < -0.39 is 0 Å². The Morgan fingerprint density at radius 2 is 2.15 bits per heavy atom. The van der Waals surface area contributed by atoms with Crippen LogP contribution in [0.4, 0.5) is 0 Å². The molecule has 1 aromatic rings. The Bertz CT molecular complexity index is 424. The van der Waals surface area contributed by atoms with Crippen LogP contribution < -0.4 is 11.1 Å². The van der Waals surface area contributed by atoms with Crippen molar-refractivity contribution in [3.63, 3.8) is 0 Å². The van der Waals surface area contributed by atoms with E-state index in [1.165, 1.54) is 12.8 Å². The van der Waals surface area contributed by atoms with Gasteiger partial charge in [0.2, 0.25) is 5.91 Å². The van der Waals surface area contributed by atoms with Crippen molar-refractivity contribution in [2.24, 2.45) is 5.73 Å². The number of carbonyl (C=O) groups is 1. The summed E-state index contributed by atoms with van der Waals surface area (Å²) in [7, 11) is 0. The molecule has 20 heavy (non-hydrogen) atoms. The summed E-state index contributed by atoms with van der Waals surface area (Å²) in [5.41, 5.74) is 7.22. The lowest BCUT2D eigenvalue weighted by molar-refractivity contribution is -0.121. The quantitative estimate of drug-likeness (QED) is 0.847. The van der Waals surface area contributed by atoms with Gasteiger partial charge in [0, 0.05) is 23.8 Å². The SMILES string of the molecule is CSC1CCCC1NC(=O)CCC(N)c1ccccc1. The Kier molecular flexibility index (Phi) is 5.92. The largest absolute Gasteiger partial charge is 0.352 e. The molecule has 1 saturated carbocycles. The van der Waals surface area contributed by atoms with E-state index in [1.807, 2.05) is 42.1 Å². The third-order valence-corrected chi connectivity index (χ3v) is 5.18. The molecule has 3 nitrogen and oxygen atoms in total. The average molecular weight is 292 g/mol. The molecule has 1 aliphatic rings. The molecular weight excluding hydrogens is 268 g/mol. The van der Waals surface area contributed by atoms with E-state index >= 15 is 0 Å². The Hall–Kier alpha value is -1.00. The molecule has 3 atom stereocenters. The molecule has 4 heteroatoms. The van der Waals surface area contributed by atoms with E-state index in [-0.39, 0.29) is 11.9 Å². The predicted octanol–water partition coefficient (Wildman–Crippen LogP) is 2.87. The minimum Gasteiger partial charge on any atom is -0.352 e. The normalized spacial score (nSPS) is 23.5. The zero-order valence-electron chi connectivity index (χ0n) is 12.0. The van der Waals surface area contributed by atoms with Crippen LogP contribution in [0.5, 0.6) is 0 Å². The smallest absolute Gasteiger partial charge is 0.220 e. The van der Waals surface area contributed by atoms with Crippen molar-refractivity contribution in [2.45, 2.75) is 49.4 Å². The van der Waals surface area contributed by atoms with Gasteiger partial charge in [0.1, 0.15) is 0 Å². The molecule has 0 bridgehead atoms. The number of amides is 1. The topological polar surface area (TPSA) is 55.1 Å².